The Balaban J connectivity index is 1.58. The van der Waals surface area contributed by atoms with E-state index in [0.29, 0.717) is 11.6 Å². The summed E-state index contributed by atoms with van der Waals surface area (Å²) in [6.07, 6.45) is 4.58. The average Bonchev–Trinajstić information content (AvgIpc) is 3.36. The first-order valence-electron chi connectivity index (χ1n) is 10.0. The number of carbonyl (C=O) groups excluding carboxylic acids is 1. The van der Waals surface area contributed by atoms with E-state index in [1.807, 2.05) is 18.2 Å². The number of benzene rings is 2. The molecule has 0 saturated heterocycles. The Morgan fingerprint density at radius 2 is 1.90 bits per heavy atom. The number of thiophene rings is 1. The number of aliphatic imine (C=N–C) groups is 1. The smallest absolute Gasteiger partial charge is 0.251 e. The predicted octanol–water partition coefficient (Wildman–Crippen LogP) is 6.36. The maximum absolute atomic E-state index is 12.8. The maximum atomic E-state index is 12.8. The average molecular weight is 419 g/mol. The molecule has 5 rings (SSSR count). The molecule has 1 aliphatic carbocycles. The van der Waals surface area contributed by atoms with E-state index < -0.39 is 0 Å². The Bertz CT molecular complexity index is 1110. The lowest BCUT2D eigenvalue weighted by Gasteiger charge is -2.12. The highest BCUT2D eigenvalue weighted by Gasteiger charge is 2.22. The van der Waals surface area contributed by atoms with Gasteiger partial charge in [0.1, 0.15) is 0 Å². The lowest BCUT2D eigenvalue weighted by molar-refractivity contribution is 0.0938. The minimum Gasteiger partial charge on any atom is -0.349 e. The molecule has 1 amide bonds. The number of hydrogen-bond acceptors (Lipinski definition) is 4. The van der Waals surface area contributed by atoms with Crippen LogP contribution in [0.4, 0.5) is 5.69 Å². The highest BCUT2D eigenvalue weighted by Crippen LogP contribution is 2.42. The maximum Gasteiger partial charge on any atom is 0.251 e. The van der Waals surface area contributed by atoms with Gasteiger partial charge in [-0.25, -0.2) is 4.99 Å². The Morgan fingerprint density at radius 1 is 1.07 bits per heavy atom. The number of amides is 1. The van der Waals surface area contributed by atoms with Crippen molar-refractivity contribution in [1.29, 1.82) is 0 Å². The van der Waals surface area contributed by atoms with Crippen LogP contribution in [-0.4, -0.2) is 17.7 Å². The van der Waals surface area contributed by atoms with Gasteiger partial charge in [-0.3, -0.25) is 4.79 Å². The van der Waals surface area contributed by atoms with Crippen LogP contribution in [0.2, 0.25) is 0 Å². The van der Waals surface area contributed by atoms with Gasteiger partial charge >= 0.3 is 0 Å². The van der Waals surface area contributed by atoms with Crippen LogP contribution in [0.25, 0.3) is 0 Å². The van der Waals surface area contributed by atoms with E-state index in [-0.39, 0.29) is 5.91 Å². The molecule has 5 heteroatoms. The van der Waals surface area contributed by atoms with Crippen molar-refractivity contribution in [2.75, 3.05) is 0 Å². The second-order valence-electron chi connectivity index (χ2n) is 7.63. The number of rotatable bonds is 3. The molecule has 1 aromatic heterocycles. The number of nitrogens with zero attached hydrogens (tertiary/aromatic N) is 1. The summed E-state index contributed by atoms with van der Waals surface area (Å²) >= 11 is 3.44. The second kappa shape index (κ2) is 7.81. The largest absolute Gasteiger partial charge is 0.349 e. The zero-order chi connectivity index (χ0) is 19.8. The quantitative estimate of drug-likeness (QED) is 0.420. The fourth-order valence-corrected chi connectivity index (χ4v) is 5.94. The van der Waals surface area contributed by atoms with E-state index in [0.717, 1.165) is 34.7 Å². The van der Waals surface area contributed by atoms with Crippen molar-refractivity contribution < 1.29 is 4.79 Å². The van der Waals surface area contributed by atoms with Crippen LogP contribution in [0, 0.1) is 6.92 Å². The van der Waals surface area contributed by atoms with Crippen LogP contribution in [-0.2, 0) is 0 Å². The fraction of sp³-hybridized carbons (Fsp3) is 0.250. The van der Waals surface area contributed by atoms with E-state index >= 15 is 0 Å². The molecule has 0 bridgehead atoms. The molecule has 3 aromatic rings. The third-order valence-corrected chi connectivity index (χ3v) is 7.75. The van der Waals surface area contributed by atoms with E-state index in [1.54, 1.807) is 23.1 Å². The molecule has 0 radical (unpaired) electrons. The van der Waals surface area contributed by atoms with Crippen LogP contribution in [0.15, 0.2) is 68.7 Å². The third-order valence-electron chi connectivity index (χ3n) is 5.58. The molecule has 1 saturated carbocycles. The predicted molar refractivity (Wildman–Crippen MR) is 121 cm³/mol. The zero-order valence-corrected chi connectivity index (χ0v) is 17.9. The highest BCUT2D eigenvalue weighted by molar-refractivity contribution is 7.99. The van der Waals surface area contributed by atoms with Gasteiger partial charge in [0.2, 0.25) is 0 Å². The molecule has 29 heavy (non-hydrogen) atoms. The first-order chi connectivity index (χ1) is 14.2. The SMILES string of the molecule is Cc1ccsc1C1=Nc2cc(C(=O)NC3CCCC3)ccc2Sc2ccccc21. The summed E-state index contributed by atoms with van der Waals surface area (Å²) in [5.74, 6) is 0.00974. The van der Waals surface area contributed by atoms with Gasteiger partial charge in [-0.15, -0.1) is 11.3 Å². The minimum absolute atomic E-state index is 0.00974. The van der Waals surface area contributed by atoms with Gasteiger partial charge in [0.15, 0.2) is 0 Å². The second-order valence-corrected chi connectivity index (χ2v) is 9.63. The normalized spacial score (nSPS) is 16.0. The summed E-state index contributed by atoms with van der Waals surface area (Å²) in [6.45, 7) is 2.13. The Kier molecular flexibility index (Phi) is 5.02. The Labute approximate surface area is 179 Å². The molecule has 0 spiro atoms. The molecule has 3 nitrogen and oxygen atoms in total. The number of nitrogens with one attached hydrogen (secondary N) is 1. The van der Waals surface area contributed by atoms with Crippen molar-refractivity contribution >= 4 is 40.4 Å². The van der Waals surface area contributed by atoms with Crippen molar-refractivity contribution in [3.8, 4) is 0 Å². The van der Waals surface area contributed by atoms with Crippen LogP contribution < -0.4 is 5.32 Å². The summed E-state index contributed by atoms with van der Waals surface area (Å²) in [5.41, 5.74) is 4.93. The summed E-state index contributed by atoms with van der Waals surface area (Å²) in [5, 5.41) is 5.30. The molecular weight excluding hydrogens is 396 g/mol. The van der Waals surface area contributed by atoms with Gasteiger partial charge in [0.05, 0.1) is 16.3 Å². The van der Waals surface area contributed by atoms with Gasteiger partial charge < -0.3 is 5.32 Å². The molecule has 1 N–H and O–H groups in total. The van der Waals surface area contributed by atoms with Crippen LogP contribution >= 0.6 is 23.1 Å². The Hall–Kier alpha value is -2.37. The first-order valence-corrected chi connectivity index (χ1v) is 11.7. The Morgan fingerprint density at radius 3 is 2.69 bits per heavy atom. The minimum atomic E-state index is 0.00974. The molecule has 146 valence electrons. The van der Waals surface area contributed by atoms with E-state index in [1.165, 1.54) is 28.2 Å². The van der Waals surface area contributed by atoms with Crippen molar-refractivity contribution in [3.63, 3.8) is 0 Å². The number of aryl methyl sites for hydroxylation is 1. The van der Waals surface area contributed by atoms with Gasteiger partial charge in [0.25, 0.3) is 5.91 Å². The van der Waals surface area contributed by atoms with Crippen molar-refractivity contribution in [2.24, 2.45) is 4.99 Å². The molecule has 2 heterocycles. The highest BCUT2D eigenvalue weighted by atomic mass is 32.2. The molecule has 0 atom stereocenters. The van der Waals surface area contributed by atoms with Gasteiger partial charge in [-0.1, -0.05) is 42.8 Å². The first kappa shape index (κ1) is 18.6. The lowest BCUT2D eigenvalue weighted by atomic mass is 10.1. The lowest BCUT2D eigenvalue weighted by Crippen LogP contribution is -2.32. The molecule has 2 aromatic carbocycles. The standard InChI is InChI=1S/C24H22N2OS2/c1-15-12-13-28-23(15)22-18-8-4-5-9-20(18)29-21-11-10-16(14-19(21)26-22)24(27)25-17-6-2-3-7-17/h4-5,8-14,17H,2-3,6-7H2,1H3,(H,25,27). The van der Waals surface area contributed by atoms with Gasteiger partial charge in [0, 0.05) is 27.0 Å². The van der Waals surface area contributed by atoms with E-state index in [2.05, 4.69) is 48.0 Å². The molecule has 2 aliphatic rings. The summed E-state index contributed by atoms with van der Waals surface area (Å²) in [7, 11) is 0. The summed E-state index contributed by atoms with van der Waals surface area (Å²) < 4.78 is 0. The summed E-state index contributed by atoms with van der Waals surface area (Å²) in [4.78, 5) is 21.3. The van der Waals surface area contributed by atoms with Gasteiger partial charge in [-0.2, -0.15) is 0 Å². The topological polar surface area (TPSA) is 41.5 Å². The monoisotopic (exact) mass is 418 g/mol. The molecular formula is C24H22N2OS2. The van der Waals surface area contributed by atoms with Gasteiger partial charge in [-0.05, 0) is 61.0 Å². The van der Waals surface area contributed by atoms with Crippen LogP contribution in [0.1, 0.15) is 52.0 Å². The molecule has 1 fully saturated rings. The zero-order valence-electron chi connectivity index (χ0n) is 16.3. The number of carbonyl (C=O) groups is 1. The number of hydrogen-bond donors (Lipinski definition) is 1. The summed E-state index contributed by atoms with van der Waals surface area (Å²) in [6, 6.07) is 16.8. The van der Waals surface area contributed by atoms with Crippen LogP contribution in [0.3, 0.4) is 0 Å². The molecule has 0 unspecified atom stereocenters. The number of fused-ring (bicyclic) bond motifs is 2. The molecule has 1 aliphatic heterocycles. The van der Waals surface area contributed by atoms with Crippen molar-refractivity contribution in [1.82, 2.24) is 5.32 Å². The third kappa shape index (κ3) is 3.65. The van der Waals surface area contributed by atoms with E-state index in [9.17, 15) is 4.79 Å². The van der Waals surface area contributed by atoms with Crippen molar-refractivity contribution in [2.45, 2.75) is 48.4 Å². The van der Waals surface area contributed by atoms with Crippen molar-refractivity contribution in [3.05, 3.63) is 75.5 Å². The van der Waals surface area contributed by atoms with E-state index in [4.69, 9.17) is 4.99 Å². The fourth-order valence-electron chi connectivity index (χ4n) is 4.01. The van der Waals surface area contributed by atoms with Crippen LogP contribution in [0.5, 0.6) is 0 Å².